The first-order valence-corrected chi connectivity index (χ1v) is 24.6. The molecule has 3 saturated carbocycles. The van der Waals surface area contributed by atoms with Gasteiger partial charge in [-0.05, 0) is 120 Å². The lowest BCUT2D eigenvalue weighted by atomic mass is 9.57. The molecule has 66 heavy (non-hydrogen) atoms. The Bertz CT molecular complexity index is 2490. The van der Waals surface area contributed by atoms with Crippen LogP contribution in [0.25, 0.3) is 10.8 Å². The summed E-state index contributed by atoms with van der Waals surface area (Å²) in [6.45, 7) is 2.95. The molecule has 1 aromatic heterocycles. The molecule has 2 aromatic carbocycles. The Balaban J connectivity index is 0.762. The van der Waals surface area contributed by atoms with E-state index in [0.717, 1.165) is 74.4 Å². The van der Waals surface area contributed by atoms with Gasteiger partial charge in [0.05, 0.1) is 18.2 Å². The number of hydrogen-bond acceptors (Lipinski definition) is 11. The second-order valence-corrected chi connectivity index (χ2v) is 20.6. The van der Waals surface area contributed by atoms with E-state index in [1.54, 1.807) is 24.4 Å². The number of aromatic nitrogens is 1. The number of hydrogen-bond donors (Lipinski definition) is 5. The maximum Gasteiger partial charge on any atom is 0.257 e. The average molecular weight is 922 g/mol. The highest BCUT2D eigenvalue weighted by molar-refractivity contribution is 7.99. The summed E-state index contributed by atoms with van der Waals surface area (Å²) < 4.78 is 20.1. The van der Waals surface area contributed by atoms with Crippen molar-refractivity contribution in [3.63, 3.8) is 0 Å². The highest BCUT2D eigenvalue weighted by atomic mass is 32.2. The van der Waals surface area contributed by atoms with Crippen LogP contribution in [0.1, 0.15) is 128 Å². The SMILES string of the molecule is CCC1C(CSc2ncc(C#C[C@H]3CC[C@H](CN(C)C4CCC5(CC4)CC(Nc4cccc6c4C(O)N(C4CCC(=O)NC4=O)C6=O)C5)CC3)c3cc(C(N)=O)c(OC)cc23)NC(=O)[C@H]1F. The van der Waals surface area contributed by atoms with Crippen LogP contribution in [-0.4, -0.2) is 106 Å². The van der Waals surface area contributed by atoms with Crippen molar-refractivity contribution < 1.29 is 38.2 Å². The minimum absolute atomic E-state index is 0.125. The molecule has 16 heteroatoms. The number of nitrogens with two attached hydrogens (primary N) is 1. The number of nitrogens with zero attached hydrogens (tertiary/aromatic N) is 3. The first-order chi connectivity index (χ1) is 31.8. The second kappa shape index (κ2) is 18.8. The zero-order valence-electron chi connectivity index (χ0n) is 37.9. The van der Waals surface area contributed by atoms with Crippen molar-refractivity contribution in [1.29, 1.82) is 0 Å². The Labute approximate surface area is 389 Å². The van der Waals surface area contributed by atoms with E-state index in [1.807, 2.05) is 19.1 Å². The molecule has 5 amide bonds. The number of pyridine rings is 1. The number of halogens is 1. The third-order valence-corrected chi connectivity index (χ3v) is 16.7. The fourth-order valence-electron chi connectivity index (χ4n) is 11.8. The topological polar surface area (TPSA) is 196 Å². The lowest BCUT2D eigenvalue weighted by Crippen LogP contribution is -2.53. The molecule has 0 radical (unpaired) electrons. The van der Waals surface area contributed by atoms with Gasteiger partial charge in [-0.2, -0.15) is 0 Å². The Morgan fingerprint density at radius 2 is 1.83 bits per heavy atom. The van der Waals surface area contributed by atoms with Crippen molar-refractivity contribution in [2.75, 3.05) is 31.8 Å². The van der Waals surface area contributed by atoms with Gasteiger partial charge in [-0.1, -0.05) is 24.8 Å². The molecule has 14 nitrogen and oxygen atoms in total. The number of rotatable bonds is 12. The molecule has 350 valence electrons. The van der Waals surface area contributed by atoms with Gasteiger partial charge in [0.2, 0.25) is 11.8 Å². The predicted octanol–water partition coefficient (Wildman–Crippen LogP) is 5.84. The molecule has 9 rings (SSSR count). The first-order valence-electron chi connectivity index (χ1n) is 23.6. The van der Waals surface area contributed by atoms with Crippen molar-refractivity contribution in [3.05, 3.63) is 58.8 Å². The molecule has 6 aliphatic rings. The molecule has 5 atom stereocenters. The van der Waals surface area contributed by atoms with E-state index in [2.05, 4.69) is 39.7 Å². The van der Waals surface area contributed by atoms with Gasteiger partial charge < -0.3 is 31.1 Å². The molecule has 5 fully saturated rings. The molecule has 4 unspecified atom stereocenters. The van der Waals surface area contributed by atoms with Crippen LogP contribution in [0.4, 0.5) is 10.1 Å². The van der Waals surface area contributed by atoms with E-state index in [1.165, 1.54) is 36.6 Å². The summed E-state index contributed by atoms with van der Waals surface area (Å²) in [5.74, 6) is 5.69. The Hall–Kier alpha value is -5.24. The minimum Gasteiger partial charge on any atom is -0.496 e. The van der Waals surface area contributed by atoms with Gasteiger partial charge in [0.1, 0.15) is 16.8 Å². The Morgan fingerprint density at radius 3 is 2.53 bits per heavy atom. The van der Waals surface area contributed by atoms with Crippen LogP contribution < -0.4 is 26.4 Å². The zero-order chi connectivity index (χ0) is 46.4. The number of primary amides is 1. The number of imide groups is 1. The van der Waals surface area contributed by atoms with Gasteiger partial charge in [0, 0.05) is 82.5 Å². The number of methoxy groups -OCH3 is 1. The quantitative estimate of drug-likeness (QED) is 0.0832. The number of carbonyl (C=O) groups excluding carboxylic acids is 5. The monoisotopic (exact) mass is 921 g/mol. The highest BCUT2D eigenvalue weighted by Gasteiger charge is 2.49. The number of anilines is 1. The molecule has 2 saturated heterocycles. The molecule has 3 aliphatic heterocycles. The standard InChI is InChI=1S/C50H60FN7O7S/c1-4-32-38(55-46(62)43(32)51)26-66-47-35-21-40(65-3)36(44(52)60)20-34(35)29(24-53-47)13-12-27-8-10-28(11-9-27)25-57(2)31-16-18-50(19-17-31)22-30(23-50)54-37-7-5-6-33-42(37)49(64)58(48(33)63)39-14-15-41(59)56-45(39)61/h5-7,20-21,24,27-28,30-32,38-39,43,49,54,64H,4,8-11,14-19,22-23,25-26H2,1-3H3,(H2,52,60)(H,55,62)(H,56,59,61)/t27-,28-,30?,31?,32?,38?,39?,43-,49?,50?/m0/s1. The number of fused-ring (bicyclic) bond motifs is 2. The average Bonchev–Trinajstić information content (AvgIpc) is 3.72. The van der Waals surface area contributed by atoms with E-state index < -0.39 is 48.0 Å². The van der Waals surface area contributed by atoms with E-state index in [4.69, 9.17) is 15.5 Å². The van der Waals surface area contributed by atoms with Crippen molar-refractivity contribution in [2.24, 2.45) is 28.9 Å². The van der Waals surface area contributed by atoms with Crippen LogP contribution >= 0.6 is 11.8 Å². The van der Waals surface area contributed by atoms with Gasteiger partial charge in [-0.3, -0.25) is 34.2 Å². The van der Waals surface area contributed by atoms with Crippen molar-refractivity contribution in [1.82, 2.24) is 25.4 Å². The Morgan fingerprint density at radius 1 is 1.08 bits per heavy atom. The van der Waals surface area contributed by atoms with E-state index in [0.29, 0.717) is 57.0 Å². The fraction of sp³-hybridized carbons (Fsp3) is 0.560. The summed E-state index contributed by atoms with van der Waals surface area (Å²) >= 11 is 1.43. The summed E-state index contributed by atoms with van der Waals surface area (Å²) in [5, 5.41) is 22.3. The summed E-state index contributed by atoms with van der Waals surface area (Å²) in [6.07, 6.45) is 10.8. The van der Waals surface area contributed by atoms with Crippen LogP contribution in [0.2, 0.25) is 0 Å². The van der Waals surface area contributed by atoms with Gasteiger partial charge in [0.15, 0.2) is 12.4 Å². The van der Waals surface area contributed by atoms with Gasteiger partial charge in [-0.15, -0.1) is 11.8 Å². The number of benzene rings is 2. The number of ether oxygens (including phenoxy) is 1. The highest BCUT2D eigenvalue weighted by Crippen LogP contribution is 2.54. The maximum atomic E-state index is 14.5. The number of aliphatic hydroxyl groups excluding tert-OH is 1. The number of aliphatic hydroxyl groups is 1. The molecule has 3 aliphatic carbocycles. The number of carbonyl (C=O) groups is 5. The number of amides is 5. The van der Waals surface area contributed by atoms with E-state index in [9.17, 15) is 33.5 Å². The van der Waals surface area contributed by atoms with Crippen molar-refractivity contribution in [3.8, 4) is 17.6 Å². The lowest BCUT2D eigenvalue weighted by Gasteiger charge is -2.53. The maximum absolute atomic E-state index is 14.5. The van der Waals surface area contributed by atoms with Crippen LogP contribution in [0.3, 0.4) is 0 Å². The third-order valence-electron chi connectivity index (χ3n) is 15.6. The van der Waals surface area contributed by atoms with E-state index >= 15 is 0 Å². The van der Waals surface area contributed by atoms with Gasteiger partial charge in [0.25, 0.3) is 17.7 Å². The first kappa shape index (κ1) is 45.9. The number of nitrogens with one attached hydrogen (secondary N) is 3. The predicted molar refractivity (Wildman–Crippen MR) is 248 cm³/mol. The van der Waals surface area contributed by atoms with Crippen LogP contribution in [0, 0.1) is 35.0 Å². The smallest absolute Gasteiger partial charge is 0.257 e. The normalized spacial score (nSPS) is 30.7. The molecule has 4 heterocycles. The fourth-order valence-corrected chi connectivity index (χ4v) is 12.9. The molecule has 6 N–H and O–H groups in total. The molecular formula is C50H60FN7O7S. The summed E-state index contributed by atoms with van der Waals surface area (Å²) in [7, 11) is 3.76. The molecular weight excluding hydrogens is 862 g/mol. The minimum atomic E-state index is -1.52. The van der Waals surface area contributed by atoms with Crippen LogP contribution in [0.15, 0.2) is 41.6 Å². The number of thioether (sulfide) groups is 1. The van der Waals surface area contributed by atoms with Crippen molar-refractivity contribution in [2.45, 2.75) is 132 Å². The van der Waals surface area contributed by atoms with Gasteiger partial charge >= 0.3 is 0 Å². The number of piperidine rings is 1. The summed E-state index contributed by atoms with van der Waals surface area (Å²) in [5.41, 5.74) is 8.65. The Kier molecular flexibility index (Phi) is 13.1. The zero-order valence-corrected chi connectivity index (χ0v) is 38.7. The van der Waals surface area contributed by atoms with Crippen LogP contribution in [-0.2, 0) is 14.4 Å². The molecule has 1 spiro atoms. The van der Waals surface area contributed by atoms with E-state index in [-0.39, 0.29) is 42.3 Å². The third kappa shape index (κ3) is 8.86. The largest absolute Gasteiger partial charge is 0.496 e. The van der Waals surface area contributed by atoms with Gasteiger partial charge in [-0.25, -0.2) is 9.37 Å². The number of alkyl halides is 1. The summed E-state index contributed by atoms with van der Waals surface area (Å²) in [4.78, 5) is 70.8. The lowest BCUT2D eigenvalue weighted by molar-refractivity contribution is -0.139. The summed E-state index contributed by atoms with van der Waals surface area (Å²) in [6, 6.07) is 8.47. The molecule has 3 aromatic rings. The van der Waals surface area contributed by atoms with Crippen LogP contribution in [0.5, 0.6) is 5.75 Å². The van der Waals surface area contributed by atoms with Crippen molar-refractivity contribution >= 4 is 57.8 Å². The molecule has 0 bridgehead atoms. The second-order valence-electron chi connectivity index (χ2n) is 19.6.